The van der Waals surface area contributed by atoms with Gasteiger partial charge in [0.25, 0.3) is 0 Å². The van der Waals surface area contributed by atoms with Gasteiger partial charge in [-0.1, -0.05) is 43.2 Å². The Bertz CT molecular complexity index is 616. The van der Waals surface area contributed by atoms with Crippen molar-refractivity contribution in [1.29, 1.82) is 0 Å². The molecule has 4 rings (SSSR count). The van der Waals surface area contributed by atoms with Crippen LogP contribution in [0.2, 0.25) is 0 Å². The SMILES string of the molecule is O=C1C2CCCCC2C(=O)N1CN1CCC(OCc2ccccc2)CC1. The lowest BCUT2D eigenvalue weighted by atomic mass is 9.81. The number of amides is 2. The number of ether oxygens (including phenoxy) is 1. The van der Waals surface area contributed by atoms with Crippen molar-refractivity contribution < 1.29 is 14.3 Å². The fourth-order valence-corrected chi connectivity index (χ4v) is 4.58. The molecule has 1 aromatic rings. The lowest BCUT2D eigenvalue weighted by Gasteiger charge is -2.34. The average molecular weight is 356 g/mol. The summed E-state index contributed by atoms with van der Waals surface area (Å²) in [7, 11) is 0. The van der Waals surface area contributed by atoms with Crippen LogP contribution in [-0.2, 0) is 20.9 Å². The number of imide groups is 1. The first-order valence-corrected chi connectivity index (χ1v) is 9.95. The molecule has 0 radical (unpaired) electrons. The van der Waals surface area contributed by atoms with Crippen LogP contribution in [0.15, 0.2) is 30.3 Å². The molecule has 2 amide bonds. The molecule has 1 aromatic carbocycles. The van der Waals surface area contributed by atoms with Crippen LogP contribution in [0.1, 0.15) is 44.1 Å². The van der Waals surface area contributed by atoms with E-state index >= 15 is 0 Å². The summed E-state index contributed by atoms with van der Waals surface area (Å²) in [6.07, 6.45) is 6.11. The zero-order chi connectivity index (χ0) is 17.9. The first-order valence-electron chi connectivity index (χ1n) is 9.95. The highest BCUT2D eigenvalue weighted by molar-refractivity contribution is 6.05. The van der Waals surface area contributed by atoms with Crippen molar-refractivity contribution in [3.8, 4) is 0 Å². The van der Waals surface area contributed by atoms with Crippen molar-refractivity contribution >= 4 is 11.8 Å². The average Bonchev–Trinajstić information content (AvgIpc) is 2.93. The molecule has 0 bridgehead atoms. The van der Waals surface area contributed by atoms with Crippen LogP contribution >= 0.6 is 0 Å². The maximum atomic E-state index is 12.6. The molecule has 2 saturated heterocycles. The van der Waals surface area contributed by atoms with Gasteiger partial charge in [-0.3, -0.25) is 19.4 Å². The standard InChI is InChI=1S/C21H28N2O3/c24-20-18-8-4-5-9-19(18)21(25)23(20)15-22-12-10-17(11-13-22)26-14-16-6-2-1-3-7-16/h1-3,6-7,17-19H,4-5,8-15H2. The summed E-state index contributed by atoms with van der Waals surface area (Å²) in [5.41, 5.74) is 1.20. The number of likely N-dealkylation sites (tertiary alicyclic amines) is 2. The minimum Gasteiger partial charge on any atom is -0.373 e. The predicted molar refractivity (Wildman–Crippen MR) is 98.0 cm³/mol. The van der Waals surface area contributed by atoms with Crippen LogP contribution < -0.4 is 0 Å². The van der Waals surface area contributed by atoms with Crippen molar-refractivity contribution in [3.63, 3.8) is 0 Å². The van der Waals surface area contributed by atoms with E-state index < -0.39 is 0 Å². The molecule has 1 aliphatic carbocycles. The van der Waals surface area contributed by atoms with E-state index in [1.165, 1.54) is 10.5 Å². The second-order valence-corrected chi connectivity index (χ2v) is 7.86. The number of piperidine rings is 1. The quantitative estimate of drug-likeness (QED) is 0.761. The van der Waals surface area contributed by atoms with E-state index in [0.29, 0.717) is 13.3 Å². The maximum absolute atomic E-state index is 12.6. The zero-order valence-electron chi connectivity index (χ0n) is 15.3. The van der Waals surface area contributed by atoms with Gasteiger partial charge in [-0.05, 0) is 31.2 Å². The van der Waals surface area contributed by atoms with Gasteiger partial charge in [0.15, 0.2) is 0 Å². The number of nitrogens with zero attached hydrogens (tertiary/aromatic N) is 2. The highest BCUT2D eigenvalue weighted by atomic mass is 16.5. The second kappa shape index (κ2) is 7.89. The summed E-state index contributed by atoms with van der Waals surface area (Å²) in [6.45, 7) is 2.88. The van der Waals surface area contributed by atoms with E-state index in [1.54, 1.807) is 0 Å². The molecule has 5 nitrogen and oxygen atoms in total. The number of hydrogen-bond acceptors (Lipinski definition) is 4. The van der Waals surface area contributed by atoms with Crippen LogP contribution in [0.25, 0.3) is 0 Å². The molecule has 26 heavy (non-hydrogen) atoms. The molecule has 5 heteroatoms. The number of hydrogen-bond donors (Lipinski definition) is 0. The van der Waals surface area contributed by atoms with Gasteiger partial charge in [-0.25, -0.2) is 0 Å². The molecule has 3 aliphatic rings. The Labute approximate surface area is 155 Å². The molecule has 2 atom stereocenters. The van der Waals surface area contributed by atoms with E-state index in [-0.39, 0.29) is 29.8 Å². The van der Waals surface area contributed by atoms with Gasteiger partial charge in [0.05, 0.1) is 31.2 Å². The lowest BCUT2D eigenvalue weighted by Crippen LogP contribution is -2.46. The van der Waals surface area contributed by atoms with Gasteiger partial charge >= 0.3 is 0 Å². The molecule has 1 saturated carbocycles. The topological polar surface area (TPSA) is 49.9 Å². The molecule has 2 aliphatic heterocycles. The Balaban J connectivity index is 1.25. The lowest BCUT2D eigenvalue weighted by molar-refractivity contribution is -0.143. The van der Waals surface area contributed by atoms with E-state index in [2.05, 4.69) is 17.0 Å². The largest absolute Gasteiger partial charge is 0.373 e. The van der Waals surface area contributed by atoms with E-state index in [1.807, 2.05) is 18.2 Å². The smallest absolute Gasteiger partial charge is 0.234 e. The number of carbonyl (C=O) groups is 2. The summed E-state index contributed by atoms with van der Waals surface area (Å²) in [5.74, 6) is 0.0651. The first kappa shape index (κ1) is 17.7. The molecular formula is C21H28N2O3. The van der Waals surface area contributed by atoms with E-state index in [0.717, 1.165) is 51.6 Å². The summed E-state index contributed by atoms with van der Waals surface area (Å²) in [4.78, 5) is 29.0. The van der Waals surface area contributed by atoms with Crippen molar-refractivity contribution in [2.45, 2.75) is 51.2 Å². The molecule has 0 aromatic heterocycles. The van der Waals surface area contributed by atoms with Gasteiger partial charge in [-0.15, -0.1) is 0 Å². The Morgan fingerprint density at radius 3 is 2.12 bits per heavy atom. The third-order valence-corrected chi connectivity index (χ3v) is 6.14. The monoisotopic (exact) mass is 356 g/mol. The summed E-state index contributed by atoms with van der Waals surface area (Å²) in [6, 6.07) is 10.2. The molecule has 2 unspecified atom stereocenters. The number of benzene rings is 1. The molecule has 3 fully saturated rings. The van der Waals surface area contributed by atoms with Crippen molar-refractivity contribution in [1.82, 2.24) is 9.80 Å². The molecule has 140 valence electrons. The van der Waals surface area contributed by atoms with Crippen molar-refractivity contribution in [2.75, 3.05) is 19.8 Å². The minimum atomic E-state index is -0.0389. The molecular weight excluding hydrogens is 328 g/mol. The highest BCUT2D eigenvalue weighted by Crippen LogP contribution is 2.38. The van der Waals surface area contributed by atoms with Gasteiger partial charge in [0.2, 0.25) is 11.8 Å². The zero-order valence-corrected chi connectivity index (χ0v) is 15.3. The van der Waals surface area contributed by atoms with Crippen LogP contribution in [0.3, 0.4) is 0 Å². The Morgan fingerprint density at radius 1 is 0.885 bits per heavy atom. The highest BCUT2D eigenvalue weighted by Gasteiger charge is 2.48. The van der Waals surface area contributed by atoms with Crippen LogP contribution in [-0.4, -0.2) is 47.5 Å². The minimum absolute atomic E-state index is 0.0389. The summed E-state index contributed by atoms with van der Waals surface area (Å²) in [5, 5.41) is 0. The van der Waals surface area contributed by atoms with Gasteiger partial charge in [0.1, 0.15) is 0 Å². The maximum Gasteiger partial charge on any atom is 0.234 e. The third kappa shape index (κ3) is 3.69. The van der Waals surface area contributed by atoms with Crippen LogP contribution in [0.5, 0.6) is 0 Å². The fraction of sp³-hybridized carbons (Fsp3) is 0.619. The van der Waals surface area contributed by atoms with E-state index in [4.69, 9.17) is 4.74 Å². The van der Waals surface area contributed by atoms with Crippen molar-refractivity contribution in [2.24, 2.45) is 11.8 Å². The van der Waals surface area contributed by atoms with E-state index in [9.17, 15) is 9.59 Å². The van der Waals surface area contributed by atoms with Crippen molar-refractivity contribution in [3.05, 3.63) is 35.9 Å². The molecule has 0 spiro atoms. The second-order valence-electron chi connectivity index (χ2n) is 7.86. The molecule has 0 N–H and O–H groups in total. The number of carbonyl (C=O) groups excluding carboxylic acids is 2. The van der Waals surface area contributed by atoms with Crippen LogP contribution in [0, 0.1) is 11.8 Å². The third-order valence-electron chi connectivity index (χ3n) is 6.14. The fourth-order valence-electron chi connectivity index (χ4n) is 4.58. The number of rotatable bonds is 5. The Kier molecular flexibility index (Phi) is 5.36. The molecule has 2 heterocycles. The normalized spacial score (nSPS) is 27.8. The Hall–Kier alpha value is -1.72. The first-order chi connectivity index (χ1) is 12.7. The van der Waals surface area contributed by atoms with Gasteiger partial charge in [0, 0.05) is 13.1 Å². The summed E-state index contributed by atoms with van der Waals surface area (Å²) >= 11 is 0. The van der Waals surface area contributed by atoms with Gasteiger partial charge < -0.3 is 4.74 Å². The predicted octanol–water partition coefficient (Wildman–Crippen LogP) is 2.80. The van der Waals surface area contributed by atoms with Gasteiger partial charge in [-0.2, -0.15) is 0 Å². The Morgan fingerprint density at radius 2 is 1.50 bits per heavy atom. The number of fused-ring (bicyclic) bond motifs is 1. The van der Waals surface area contributed by atoms with Crippen LogP contribution in [0.4, 0.5) is 0 Å². The summed E-state index contributed by atoms with van der Waals surface area (Å²) < 4.78 is 6.03.